The molecule has 1 aliphatic heterocycles. The lowest BCUT2D eigenvalue weighted by molar-refractivity contribution is 0.336. The molecule has 0 aliphatic carbocycles. The van der Waals surface area contributed by atoms with E-state index < -0.39 is 0 Å². The van der Waals surface area contributed by atoms with E-state index in [2.05, 4.69) is 43.9 Å². The SMILES string of the molecule is CCOc1cc(N2CCCNCC2)cnc1I. The molecule has 1 fully saturated rings. The van der Waals surface area contributed by atoms with E-state index in [1.165, 1.54) is 6.42 Å². The molecule has 1 saturated heterocycles. The van der Waals surface area contributed by atoms with Crippen LogP contribution in [0.25, 0.3) is 0 Å². The van der Waals surface area contributed by atoms with Gasteiger partial charge in [0.25, 0.3) is 0 Å². The molecule has 1 N–H and O–H groups in total. The predicted octanol–water partition coefficient (Wildman–Crippen LogP) is 1.88. The molecule has 2 rings (SSSR count). The topological polar surface area (TPSA) is 37.4 Å². The maximum absolute atomic E-state index is 5.59. The van der Waals surface area contributed by atoms with Gasteiger partial charge in [0.15, 0.2) is 5.75 Å². The Hall–Kier alpha value is -0.560. The summed E-state index contributed by atoms with van der Waals surface area (Å²) < 4.78 is 6.52. The van der Waals surface area contributed by atoms with Crippen LogP contribution in [0.4, 0.5) is 5.69 Å². The monoisotopic (exact) mass is 347 g/mol. The number of rotatable bonds is 3. The number of ether oxygens (including phenoxy) is 1. The maximum Gasteiger partial charge on any atom is 0.153 e. The standard InChI is InChI=1S/C12H18IN3O/c1-2-17-11-8-10(9-15-12(11)13)16-6-3-4-14-5-7-16/h8-9,14H,2-7H2,1H3. The minimum atomic E-state index is 0.683. The van der Waals surface area contributed by atoms with Gasteiger partial charge < -0.3 is 15.0 Å². The molecule has 17 heavy (non-hydrogen) atoms. The number of nitrogens with one attached hydrogen (secondary N) is 1. The summed E-state index contributed by atoms with van der Waals surface area (Å²) in [5.74, 6) is 0.891. The Kier molecular flexibility index (Phi) is 4.85. The number of aromatic nitrogens is 1. The van der Waals surface area contributed by atoms with E-state index in [-0.39, 0.29) is 0 Å². The van der Waals surface area contributed by atoms with Crippen molar-refractivity contribution in [1.29, 1.82) is 0 Å². The molecule has 94 valence electrons. The average Bonchev–Trinajstić information content (AvgIpc) is 2.61. The Balaban J connectivity index is 2.16. The van der Waals surface area contributed by atoms with Crippen LogP contribution in [0, 0.1) is 3.70 Å². The van der Waals surface area contributed by atoms with E-state index in [9.17, 15) is 0 Å². The fraction of sp³-hybridized carbons (Fsp3) is 0.583. The van der Waals surface area contributed by atoms with Crippen molar-refractivity contribution in [3.05, 3.63) is 16.0 Å². The summed E-state index contributed by atoms with van der Waals surface area (Å²) in [5.41, 5.74) is 1.16. The fourth-order valence-electron chi connectivity index (χ4n) is 1.95. The Bertz CT molecular complexity index is 365. The molecule has 2 heterocycles. The first-order chi connectivity index (χ1) is 8.31. The highest BCUT2D eigenvalue weighted by atomic mass is 127. The minimum absolute atomic E-state index is 0.683. The van der Waals surface area contributed by atoms with E-state index in [4.69, 9.17) is 4.74 Å². The largest absolute Gasteiger partial charge is 0.491 e. The number of hydrogen-bond donors (Lipinski definition) is 1. The molecule has 0 atom stereocenters. The van der Waals surface area contributed by atoms with Crippen LogP contribution in [0.5, 0.6) is 5.75 Å². The molecule has 0 radical (unpaired) electrons. The zero-order valence-corrected chi connectivity index (χ0v) is 12.2. The van der Waals surface area contributed by atoms with Gasteiger partial charge in [-0.1, -0.05) is 0 Å². The van der Waals surface area contributed by atoms with Crippen molar-refractivity contribution in [2.24, 2.45) is 0 Å². The Morgan fingerprint density at radius 1 is 1.47 bits per heavy atom. The molecule has 0 amide bonds. The van der Waals surface area contributed by atoms with Crippen LogP contribution >= 0.6 is 22.6 Å². The Morgan fingerprint density at radius 2 is 2.35 bits per heavy atom. The van der Waals surface area contributed by atoms with Crippen LogP contribution in [0.15, 0.2) is 12.3 Å². The van der Waals surface area contributed by atoms with Crippen molar-refractivity contribution in [3.8, 4) is 5.75 Å². The zero-order valence-electron chi connectivity index (χ0n) is 10.1. The first-order valence-corrected chi connectivity index (χ1v) is 7.13. The molecule has 0 saturated carbocycles. The molecule has 1 aliphatic rings. The lowest BCUT2D eigenvalue weighted by Crippen LogP contribution is -2.27. The molecule has 0 unspecified atom stereocenters. The molecule has 0 bridgehead atoms. The van der Waals surface area contributed by atoms with Gasteiger partial charge in [0.1, 0.15) is 3.70 Å². The quantitative estimate of drug-likeness (QED) is 0.669. The van der Waals surface area contributed by atoms with E-state index in [0.29, 0.717) is 6.61 Å². The second kappa shape index (κ2) is 6.39. The molecular weight excluding hydrogens is 329 g/mol. The molecule has 0 aromatic carbocycles. The summed E-state index contributed by atoms with van der Waals surface area (Å²) in [6, 6.07) is 2.10. The van der Waals surface area contributed by atoms with Crippen LogP contribution in [0.2, 0.25) is 0 Å². The number of anilines is 1. The second-order valence-electron chi connectivity index (χ2n) is 4.01. The molecule has 4 nitrogen and oxygen atoms in total. The third-order valence-electron chi connectivity index (χ3n) is 2.80. The van der Waals surface area contributed by atoms with Crippen molar-refractivity contribution in [2.75, 3.05) is 37.7 Å². The summed E-state index contributed by atoms with van der Waals surface area (Å²) in [5, 5.41) is 3.40. The molecular formula is C12H18IN3O. The summed E-state index contributed by atoms with van der Waals surface area (Å²) in [4.78, 5) is 6.77. The van der Waals surface area contributed by atoms with E-state index in [1.807, 2.05) is 13.1 Å². The van der Waals surface area contributed by atoms with Crippen LogP contribution in [-0.4, -0.2) is 37.8 Å². The van der Waals surface area contributed by atoms with E-state index in [0.717, 1.165) is 41.3 Å². The number of hydrogen-bond acceptors (Lipinski definition) is 4. The van der Waals surface area contributed by atoms with Crippen molar-refractivity contribution < 1.29 is 4.74 Å². The molecule has 1 aromatic rings. The Labute approximate surface area is 116 Å². The number of nitrogens with zero attached hydrogens (tertiary/aromatic N) is 2. The van der Waals surface area contributed by atoms with Crippen LogP contribution < -0.4 is 15.0 Å². The van der Waals surface area contributed by atoms with Gasteiger partial charge in [-0.05, 0) is 42.5 Å². The second-order valence-corrected chi connectivity index (χ2v) is 5.03. The highest BCUT2D eigenvalue weighted by Gasteiger charge is 2.12. The summed E-state index contributed by atoms with van der Waals surface area (Å²) in [6.07, 6.45) is 3.12. The highest BCUT2D eigenvalue weighted by Crippen LogP contribution is 2.25. The van der Waals surface area contributed by atoms with E-state index in [1.54, 1.807) is 0 Å². The van der Waals surface area contributed by atoms with Crippen molar-refractivity contribution in [3.63, 3.8) is 0 Å². The van der Waals surface area contributed by atoms with Gasteiger partial charge in [0.2, 0.25) is 0 Å². The van der Waals surface area contributed by atoms with Crippen LogP contribution in [0.3, 0.4) is 0 Å². The van der Waals surface area contributed by atoms with Gasteiger partial charge in [0.05, 0.1) is 18.5 Å². The minimum Gasteiger partial charge on any atom is -0.491 e. The van der Waals surface area contributed by atoms with Crippen molar-refractivity contribution >= 4 is 28.3 Å². The first kappa shape index (κ1) is 12.9. The molecule has 0 spiro atoms. The van der Waals surface area contributed by atoms with Crippen molar-refractivity contribution in [2.45, 2.75) is 13.3 Å². The number of pyridine rings is 1. The fourth-order valence-corrected chi connectivity index (χ4v) is 2.40. The normalized spacial score (nSPS) is 16.7. The summed E-state index contributed by atoms with van der Waals surface area (Å²) in [7, 11) is 0. The zero-order chi connectivity index (χ0) is 12.1. The number of halogens is 1. The van der Waals surface area contributed by atoms with Crippen molar-refractivity contribution in [1.82, 2.24) is 10.3 Å². The third-order valence-corrected chi connectivity index (χ3v) is 3.61. The third kappa shape index (κ3) is 3.45. The lowest BCUT2D eigenvalue weighted by atomic mass is 10.3. The average molecular weight is 347 g/mol. The van der Waals surface area contributed by atoms with Gasteiger partial charge in [-0.15, -0.1) is 0 Å². The van der Waals surface area contributed by atoms with Crippen LogP contribution in [0.1, 0.15) is 13.3 Å². The van der Waals surface area contributed by atoms with E-state index >= 15 is 0 Å². The molecule has 5 heteroatoms. The summed E-state index contributed by atoms with van der Waals surface area (Å²) in [6.45, 7) is 6.94. The van der Waals surface area contributed by atoms with Gasteiger partial charge in [-0.2, -0.15) is 0 Å². The lowest BCUT2D eigenvalue weighted by Gasteiger charge is -2.22. The maximum atomic E-state index is 5.59. The van der Waals surface area contributed by atoms with Gasteiger partial charge in [-0.25, -0.2) is 4.98 Å². The summed E-state index contributed by atoms with van der Waals surface area (Å²) >= 11 is 2.21. The van der Waals surface area contributed by atoms with Crippen LogP contribution in [-0.2, 0) is 0 Å². The van der Waals surface area contributed by atoms with Gasteiger partial charge in [-0.3, -0.25) is 0 Å². The Morgan fingerprint density at radius 3 is 3.18 bits per heavy atom. The van der Waals surface area contributed by atoms with Gasteiger partial charge in [0, 0.05) is 25.7 Å². The predicted molar refractivity (Wildman–Crippen MR) is 77.8 cm³/mol. The van der Waals surface area contributed by atoms with Gasteiger partial charge >= 0.3 is 0 Å². The molecule has 1 aromatic heterocycles. The smallest absolute Gasteiger partial charge is 0.153 e. The highest BCUT2D eigenvalue weighted by molar-refractivity contribution is 14.1. The first-order valence-electron chi connectivity index (χ1n) is 6.05.